The van der Waals surface area contributed by atoms with Gasteiger partial charge in [0.05, 0.1) is 14.2 Å². The van der Waals surface area contributed by atoms with E-state index in [2.05, 4.69) is 44.8 Å². The van der Waals surface area contributed by atoms with Crippen LogP contribution in [-0.4, -0.2) is 14.2 Å². The van der Waals surface area contributed by atoms with Crippen molar-refractivity contribution in [3.63, 3.8) is 0 Å². The molecule has 1 aromatic carbocycles. The molecule has 1 atom stereocenters. The SMILES string of the molecule is COc1cc(Br)c(C(Br)C2CCC(C)CC2)cc1OC. The van der Waals surface area contributed by atoms with Crippen LogP contribution in [0.1, 0.15) is 43.0 Å². The van der Waals surface area contributed by atoms with Crippen molar-refractivity contribution in [2.75, 3.05) is 14.2 Å². The predicted molar refractivity (Wildman–Crippen MR) is 90.0 cm³/mol. The van der Waals surface area contributed by atoms with Crippen LogP contribution in [0.3, 0.4) is 0 Å². The van der Waals surface area contributed by atoms with Crippen molar-refractivity contribution in [3.05, 3.63) is 22.2 Å². The maximum Gasteiger partial charge on any atom is 0.161 e. The van der Waals surface area contributed by atoms with E-state index in [9.17, 15) is 0 Å². The second-order valence-electron chi connectivity index (χ2n) is 5.65. The molecular formula is C16H22Br2O2. The first-order valence-corrected chi connectivity index (χ1v) is 8.83. The van der Waals surface area contributed by atoms with Crippen molar-refractivity contribution >= 4 is 31.9 Å². The van der Waals surface area contributed by atoms with E-state index in [4.69, 9.17) is 9.47 Å². The first kappa shape index (κ1) is 16.2. The number of methoxy groups -OCH3 is 2. The molecule has 0 heterocycles. The number of alkyl halides is 1. The third-order valence-electron chi connectivity index (χ3n) is 4.27. The monoisotopic (exact) mass is 404 g/mol. The van der Waals surface area contributed by atoms with E-state index >= 15 is 0 Å². The number of halogens is 2. The van der Waals surface area contributed by atoms with Crippen LogP contribution in [-0.2, 0) is 0 Å². The Morgan fingerprint density at radius 1 is 1.05 bits per heavy atom. The molecule has 0 aliphatic heterocycles. The van der Waals surface area contributed by atoms with E-state index in [0.29, 0.717) is 10.7 Å². The second kappa shape index (κ2) is 7.17. The highest BCUT2D eigenvalue weighted by Crippen LogP contribution is 2.46. The summed E-state index contributed by atoms with van der Waals surface area (Å²) in [7, 11) is 3.35. The highest BCUT2D eigenvalue weighted by atomic mass is 79.9. The van der Waals surface area contributed by atoms with Gasteiger partial charge in [0.1, 0.15) is 0 Å². The average molecular weight is 406 g/mol. The summed E-state index contributed by atoms with van der Waals surface area (Å²) < 4.78 is 11.8. The van der Waals surface area contributed by atoms with Crippen LogP contribution in [0.5, 0.6) is 11.5 Å². The highest BCUT2D eigenvalue weighted by Gasteiger charge is 2.27. The lowest BCUT2D eigenvalue weighted by Gasteiger charge is -2.30. The molecule has 4 heteroatoms. The third-order valence-corrected chi connectivity index (χ3v) is 6.20. The summed E-state index contributed by atoms with van der Waals surface area (Å²) in [6, 6.07) is 4.08. The van der Waals surface area contributed by atoms with Crippen molar-refractivity contribution in [1.82, 2.24) is 0 Å². The lowest BCUT2D eigenvalue weighted by molar-refractivity contribution is 0.287. The molecule has 1 fully saturated rings. The summed E-state index contributed by atoms with van der Waals surface area (Å²) in [5.41, 5.74) is 1.25. The second-order valence-corrected chi connectivity index (χ2v) is 7.49. The molecule has 1 unspecified atom stereocenters. The zero-order valence-corrected chi connectivity index (χ0v) is 15.5. The molecule has 0 bridgehead atoms. The minimum atomic E-state index is 0.365. The van der Waals surface area contributed by atoms with Gasteiger partial charge in [0, 0.05) is 9.30 Å². The first-order chi connectivity index (χ1) is 9.56. The first-order valence-electron chi connectivity index (χ1n) is 7.12. The summed E-state index contributed by atoms with van der Waals surface area (Å²) in [5.74, 6) is 3.12. The maximum atomic E-state index is 5.42. The van der Waals surface area contributed by atoms with Crippen LogP contribution < -0.4 is 9.47 Å². The molecule has 1 aliphatic rings. The smallest absolute Gasteiger partial charge is 0.161 e. The molecule has 1 aliphatic carbocycles. The van der Waals surface area contributed by atoms with Crippen LogP contribution in [0.15, 0.2) is 16.6 Å². The Kier molecular flexibility index (Phi) is 5.79. The summed E-state index contributed by atoms with van der Waals surface area (Å²) in [6.45, 7) is 2.35. The highest BCUT2D eigenvalue weighted by molar-refractivity contribution is 9.11. The van der Waals surface area contributed by atoms with Gasteiger partial charge in [0.25, 0.3) is 0 Å². The molecule has 1 saturated carbocycles. The van der Waals surface area contributed by atoms with E-state index in [1.54, 1.807) is 14.2 Å². The Morgan fingerprint density at radius 2 is 1.60 bits per heavy atom. The topological polar surface area (TPSA) is 18.5 Å². The van der Waals surface area contributed by atoms with Crippen LogP contribution >= 0.6 is 31.9 Å². The van der Waals surface area contributed by atoms with Gasteiger partial charge in [0.2, 0.25) is 0 Å². The van der Waals surface area contributed by atoms with Crippen molar-refractivity contribution in [3.8, 4) is 11.5 Å². The van der Waals surface area contributed by atoms with Gasteiger partial charge in [-0.15, -0.1) is 0 Å². The minimum Gasteiger partial charge on any atom is -0.493 e. The lowest BCUT2D eigenvalue weighted by Crippen LogP contribution is -2.16. The van der Waals surface area contributed by atoms with Gasteiger partial charge in [0.15, 0.2) is 11.5 Å². The van der Waals surface area contributed by atoms with Crippen LogP contribution in [0.4, 0.5) is 0 Å². The molecule has 2 rings (SSSR count). The quantitative estimate of drug-likeness (QED) is 0.595. The van der Waals surface area contributed by atoms with Crippen LogP contribution in [0, 0.1) is 11.8 Å². The fourth-order valence-corrected chi connectivity index (χ4v) is 4.70. The van der Waals surface area contributed by atoms with Crippen molar-refractivity contribution in [2.45, 2.75) is 37.4 Å². The van der Waals surface area contributed by atoms with Gasteiger partial charge in [-0.25, -0.2) is 0 Å². The van der Waals surface area contributed by atoms with E-state index < -0.39 is 0 Å². The Morgan fingerprint density at radius 3 is 2.15 bits per heavy atom. The van der Waals surface area contributed by atoms with Crippen molar-refractivity contribution in [2.24, 2.45) is 11.8 Å². The van der Waals surface area contributed by atoms with Crippen molar-refractivity contribution in [1.29, 1.82) is 0 Å². The molecule has 1 aromatic rings. The number of rotatable bonds is 4. The average Bonchev–Trinajstić information content (AvgIpc) is 2.47. The Labute approximate surface area is 138 Å². The number of benzene rings is 1. The normalized spacial score (nSPS) is 24.2. The molecular weight excluding hydrogens is 384 g/mol. The van der Waals surface area contributed by atoms with E-state index in [0.717, 1.165) is 21.9 Å². The molecule has 0 spiro atoms. The molecule has 0 amide bonds. The fraction of sp³-hybridized carbons (Fsp3) is 0.625. The van der Waals surface area contributed by atoms with Gasteiger partial charge in [-0.05, 0) is 42.4 Å². The minimum absolute atomic E-state index is 0.365. The van der Waals surface area contributed by atoms with Crippen LogP contribution in [0.25, 0.3) is 0 Å². The summed E-state index contributed by atoms with van der Waals surface area (Å²) >= 11 is 7.57. The number of hydrogen-bond acceptors (Lipinski definition) is 2. The predicted octanol–water partition coefficient (Wildman–Crippen LogP) is 5.73. The number of hydrogen-bond donors (Lipinski definition) is 0. The van der Waals surface area contributed by atoms with E-state index in [1.807, 2.05) is 6.07 Å². The standard InChI is InChI=1S/C16H22Br2O2/c1-10-4-6-11(7-5-10)16(18)12-8-14(19-2)15(20-3)9-13(12)17/h8-11,16H,4-7H2,1-3H3. The van der Waals surface area contributed by atoms with Gasteiger partial charge in [-0.3, -0.25) is 0 Å². The van der Waals surface area contributed by atoms with Crippen LogP contribution in [0.2, 0.25) is 0 Å². The molecule has 20 heavy (non-hydrogen) atoms. The lowest BCUT2D eigenvalue weighted by atomic mass is 9.80. The van der Waals surface area contributed by atoms with Gasteiger partial charge >= 0.3 is 0 Å². The van der Waals surface area contributed by atoms with Gasteiger partial charge < -0.3 is 9.47 Å². The summed E-state index contributed by atoms with van der Waals surface area (Å²) in [5, 5.41) is 0. The molecule has 0 N–H and O–H groups in total. The van der Waals surface area contributed by atoms with E-state index in [-0.39, 0.29) is 0 Å². The largest absolute Gasteiger partial charge is 0.493 e. The molecule has 0 aromatic heterocycles. The summed E-state index contributed by atoms with van der Waals surface area (Å²) in [4.78, 5) is 0.365. The number of ether oxygens (including phenoxy) is 2. The molecule has 2 nitrogen and oxygen atoms in total. The third kappa shape index (κ3) is 3.51. The zero-order valence-electron chi connectivity index (χ0n) is 12.3. The maximum absolute atomic E-state index is 5.42. The molecule has 0 saturated heterocycles. The Bertz CT molecular complexity index is 454. The van der Waals surface area contributed by atoms with E-state index in [1.165, 1.54) is 31.2 Å². The van der Waals surface area contributed by atoms with Gasteiger partial charge in [-0.2, -0.15) is 0 Å². The molecule has 112 valence electrons. The van der Waals surface area contributed by atoms with Gasteiger partial charge in [-0.1, -0.05) is 51.6 Å². The fourth-order valence-electron chi connectivity index (χ4n) is 2.91. The zero-order chi connectivity index (χ0) is 14.7. The molecule has 0 radical (unpaired) electrons. The summed E-state index contributed by atoms with van der Waals surface area (Å²) in [6.07, 6.45) is 5.24. The Balaban J connectivity index is 2.23. The Hall–Kier alpha value is -0.220. The van der Waals surface area contributed by atoms with Crippen molar-refractivity contribution < 1.29 is 9.47 Å².